The summed E-state index contributed by atoms with van der Waals surface area (Å²) >= 11 is 7.72. The highest BCUT2D eigenvalue weighted by atomic mass is 35.5. The highest BCUT2D eigenvalue weighted by Gasteiger charge is 2.34. The molecule has 0 atom stereocenters. The summed E-state index contributed by atoms with van der Waals surface area (Å²) in [6.07, 6.45) is 5.50. The van der Waals surface area contributed by atoms with Gasteiger partial charge in [-0.1, -0.05) is 38.3 Å². The van der Waals surface area contributed by atoms with Gasteiger partial charge >= 0.3 is 0 Å². The van der Waals surface area contributed by atoms with Crippen molar-refractivity contribution in [2.24, 2.45) is 5.41 Å². The Labute approximate surface area is 132 Å². The topological polar surface area (TPSA) is 15.3 Å². The van der Waals surface area contributed by atoms with Crippen molar-refractivity contribution in [1.82, 2.24) is 10.2 Å². The lowest BCUT2D eigenvalue weighted by atomic mass is 9.85. The predicted octanol–water partition coefficient (Wildman–Crippen LogP) is 4.39. The average Bonchev–Trinajstić information content (AvgIpc) is 2.97. The van der Waals surface area contributed by atoms with Crippen LogP contribution in [0.1, 0.15) is 44.4 Å². The molecule has 4 heteroatoms. The molecule has 0 radical (unpaired) electrons. The maximum Gasteiger partial charge on any atom is 0.0931 e. The van der Waals surface area contributed by atoms with Gasteiger partial charge in [0, 0.05) is 30.6 Å². The fourth-order valence-electron chi connectivity index (χ4n) is 3.27. The summed E-state index contributed by atoms with van der Waals surface area (Å²) in [6.45, 7) is 7.82. The highest BCUT2D eigenvalue weighted by molar-refractivity contribution is 7.16. The number of halogens is 1. The zero-order valence-corrected chi connectivity index (χ0v) is 14.5. The first-order chi connectivity index (χ1) is 9.49. The number of hydrogen-bond acceptors (Lipinski definition) is 3. The fourth-order valence-corrected chi connectivity index (χ4v) is 4.44. The number of rotatable bonds is 7. The normalized spacial score (nSPS) is 18.3. The molecule has 0 unspecified atom stereocenters. The smallest absolute Gasteiger partial charge is 0.0931 e. The first kappa shape index (κ1) is 16.3. The molecule has 0 saturated heterocycles. The van der Waals surface area contributed by atoms with Crippen molar-refractivity contribution >= 4 is 22.9 Å². The second-order valence-corrected chi connectivity index (χ2v) is 8.42. The molecular formula is C16H27ClN2S. The molecule has 20 heavy (non-hydrogen) atoms. The maximum absolute atomic E-state index is 6.02. The second kappa shape index (κ2) is 7.26. The molecule has 1 aliphatic rings. The van der Waals surface area contributed by atoms with E-state index in [1.54, 1.807) is 11.3 Å². The summed E-state index contributed by atoms with van der Waals surface area (Å²) in [4.78, 5) is 3.83. The Kier molecular flexibility index (Phi) is 5.91. The van der Waals surface area contributed by atoms with E-state index in [0.29, 0.717) is 11.5 Å². The van der Waals surface area contributed by atoms with E-state index in [4.69, 9.17) is 11.6 Å². The minimum Gasteiger partial charge on any atom is -0.314 e. The van der Waals surface area contributed by atoms with E-state index in [2.05, 4.69) is 37.2 Å². The number of hydrogen-bond donors (Lipinski definition) is 1. The van der Waals surface area contributed by atoms with Gasteiger partial charge in [-0.2, -0.15) is 0 Å². The van der Waals surface area contributed by atoms with Gasteiger partial charge in [-0.3, -0.25) is 0 Å². The summed E-state index contributed by atoms with van der Waals surface area (Å²) in [5.74, 6) is 0. The standard InChI is InChI=1S/C16H27ClN2S/c1-13(2)18-11-16(8-4-5-9-16)12-19(3)10-14-6-7-15(17)20-14/h6-7,13,18H,4-5,8-12H2,1-3H3. The van der Waals surface area contributed by atoms with Gasteiger partial charge in [0.15, 0.2) is 0 Å². The van der Waals surface area contributed by atoms with E-state index in [1.807, 2.05) is 6.07 Å². The molecule has 1 aliphatic carbocycles. The van der Waals surface area contributed by atoms with E-state index >= 15 is 0 Å². The van der Waals surface area contributed by atoms with Crippen molar-refractivity contribution in [3.8, 4) is 0 Å². The minimum atomic E-state index is 0.472. The molecule has 2 nitrogen and oxygen atoms in total. The summed E-state index contributed by atoms with van der Waals surface area (Å²) in [7, 11) is 2.24. The molecule has 0 aliphatic heterocycles. The monoisotopic (exact) mass is 314 g/mol. The molecule has 114 valence electrons. The third-order valence-corrected chi connectivity index (χ3v) is 5.43. The summed E-state index contributed by atoms with van der Waals surface area (Å²) in [6, 6.07) is 4.73. The van der Waals surface area contributed by atoms with Crippen LogP contribution in [0.2, 0.25) is 4.34 Å². The van der Waals surface area contributed by atoms with Crippen molar-refractivity contribution in [1.29, 1.82) is 0 Å². The van der Waals surface area contributed by atoms with E-state index in [1.165, 1.54) is 37.1 Å². The van der Waals surface area contributed by atoms with Crippen LogP contribution in [0.3, 0.4) is 0 Å². The van der Waals surface area contributed by atoms with Crippen molar-refractivity contribution in [3.63, 3.8) is 0 Å². The first-order valence-electron chi connectivity index (χ1n) is 7.65. The van der Waals surface area contributed by atoms with Crippen molar-refractivity contribution in [3.05, 3.63) is 21.3 Å². The zero-order valence-electron chi connectivity index (χ0n) is 12.9. The van der Waals surface area contributed by atoms with Crippen LogP contribution in [0.15, 0.2) is 12.1 Å². The molecule has 0 bridgehead atoms. The van der Waals surface area contributed by atoms with E-state index < -0.39 is 0 Å². The SMILES string of the molecule is CC(C)NCC1(CN(C)Cc2ccc(Cl)s2)CCCC1. The van der Waals surface area contributed by atoms with E-state index in [0.717, 1.165) is 17.4 Å². The number of nitrogens with zero attached hydrogens (tertiary/aromatic N) is 1. The lowest BCUT2D eigenvalue weighted by Crippen LogP contribution is -2.42. The minimum absolute atomic E-state index is 0.472. The molecule has 1 aromatic rings. The number of thiophene rings is 1. The quantitative estimate of drug-likeness (QED) is 0.803. The van der Waals surface area contributed by atoms with Crippen LogP contribution in [0, 0.1) is 5.41 Å². The largest absolute Gasteiger partial charge is 0.314 e. The van der Waals surface area contributed by atoms with Gasteiger partial charge in [-0.05, 0) is 37.4 Å². The van der Waals surface area contributed by atoms with Gasteiger partial charge < -0.3 is 10.2 Å². The third kappa shape index (κ3) is 4.73. The van der Waals surface area contributed by atoms with E-state index in [9.17, 15) is 0 Å². The Bertz CT molecular complexity index is 410. The third-order valence-electron chi connectivity index (χ3n) is 4.21. The van der Waals surface area contributed by atoms with Gasteiger partial charge in [0.05, 0.1) is 4.34 Å². The molecule has 0 spiro atoms. The van der Waals surface area contributed by atoms with Gasteiger partial charge in [0.2, 0.25) is 0 Å². The van der Waals surface area contributed by atoms with Gasteiger partial charge in [0.25, 0.3) is 0 Å². The molecular weight excluding hydrogens is 288 g/mol. The van der Waals surface area contributed by atoms with Crippen LogP contribution in [0.25, 0.3) is 0 Å². The van der Waals surface area contributed by atoms with Crippen molar-refractivity contribution in [2.75, 3.05) is 20.1 Å². The average molecular weight is 315 g/mol. The Hall–Kier alpha value is -0.0900. The predicted molar refractivity (Wildman–Crippen MR) is 89.7 cm³/mol. The molecule has 1 heterocycles. The summed E-state index contributed by atoms with van der Waals surface area (Å²) < 4.78 is 0.894. The second-order valence-electron chi connectivity index (χ2n) is 6.62. The summed E-state index contributed by atoms with van der Waals surface area (Å²) in [5.41, 5.74) is 0.472. The number of nitrogens with one attached hydrogen (secondary N) is 1. The lowest BCUT2D eigenvalue weighted by molar-refractivity contribution is 0.165. The van der Waals surface area contributed by atoms with Crippen LogP contribution in [0.5, 0.6) is 0 Å². The molecule has 0 aromatic carbocycles. The van der Waals surface area contributed by atoms with Crippen LogP contribution in [-0.2, 0) is 6.54 Å². The van der Waals surface area contributed by atoms with Gasteiger partial charge in [-0.25, -0.2) is 0 Å². The highest BCUT2D eigenvalue weighted by Crippen LogP contribution is 2.38. The molecule has 1 saturated carbocycles. The first-order valence-corrected chi connectivity index (χ1v) is 8.85. The molecule has 1 fully saturated rings. The Morgan fingerprint density at radius 1 is 1.35 bits per heavy atom. The lowest BCUT2D eigenvalue weighted by Gasteiger charge is -2.34. The van der Waals surface area contributed by atoms with Gasteiger partial charge in [-0.15, -0.1) is 11.3 Å². The summed E-state index contributed by atoms with van der Waals surface area (Å²) in [5, 5.41) is 3.66. The zero-order chi connectivity index (χ0) is 14.6. The molecule has 1 N–H and O–H groups in total. The fraction of sp³-hybridized carbons (Fsp3) is 0.750. The van der Waals surface area contributed by atoms with Crippen LogP contribution < -0.4 is 5.32 Å². The Morgan fingerprint density at radius 2 is 2.05 bits per heavy atom. The van der Waals surface area contributed by atoms with Crippen molar-refractivity contribution in [2.45, 2.75) is 52.1 Å². The van der Waals surface area contributed by atoms with Crippen LogP contribution in [0.4, 0.5) is 0 Å². The Balaban J connectivity index is 1.90. The van der Waals surface area contributed by atoms with Crippen LogP contribution >= 0.6 is 22.9 Å². The molecule has 1 aromatic heterocycles. The maximum atomic E-state index is 6.02. The molecule has 2 rings (SSSR count). The Morgan fingerprint density at radius 3 is 2.60 bits per heavy atom. The van der Waals surface area contributed by atoms with Crippen molar-refractivity contribution < 1.29 is 0 Å². The van der Waals surface area contributed by atoms with E-state index in [-0.39, 0.29) is 0 Å². The van der Waals surface area contributed by atoms with Crippen LogP contribution in [-0.4, -0.2) is 31.1 Å². The van der Waals surface area contributed by atoms with Gasteiger partial charge in [0.1, 0.15) is 0 Å². The molecule has 0 amide bonds.